The molecule has 0 atom stereocenters. The van der Waals surface area contributed by atoms with Gasteiger partial charge in [0.15, 0.2) is 16.6 Å². The molecule has 0 spiro atoms. The standard InChI is InChI=1S/C21H20ClIN2O3S/c1-3-25-20(26)17(24-21(25)29)10-13-9-16(23)19(18(11-13)27-4-2)28-12-14-7-5-6-8-15(14)22/h5-11H,3-4,12H2,1-2H3,(H,24,29)/b17-10-. The number of thiocarbonyl (C=S) groups is 1. The van der Waals surface area contributed by atoms with Crippen LogP contribution in [0.2, 0.25) is 5.02 Å². The highest BCUT2D eigenvalue weighted by molar-refractivity contribution is 14.1. The topological polar surface area (TPSA) is 50.8 Å². The molecule has 0 aliphatic carbocycles. The predicted octanol–water partition coefficient (Wildman–Crippen LogP) is 5.00. The first-order valence-electron chi connectivity index (χ1n) is 9.11. The summed E-state index contributed by atoms with van der Waals surface area (Å²) in [7, 11) is 0. The molecule has 152 valence electrons. The fourth-order valence-electron chi connectivity index (χ4n) is 2.87. The van der Waals surface area contributed by atoms with E-state index in [0.717, 1.165) is 14.7 Å². The highest BCUT2D eigenvalue weighted by atomic mass is 127. The van der Waals surface area contributed by atoms with E-state index >= 15 is 0 Å². The maximum Gasteiger partial charge on any atom is 0.276 e. The molecule has 3 rings (SSSR count). The summed E-state index contributed by atoms with van der Waals surface area (Å²) in [5.74, 6) is 1.12. The molecule has 5 nitrogen and oxygen atoms in total. The van der Waals surface area contributed by atoms with Gasteiger partial charge in [-0.15, -0.1) is 0 Å². The van der Waals surface area contributed by atoms with Crippen LogP contribution in [0, 0.1) is 3.57 Å². The summed E-state index contributed by atoms with van der Waals surface area (Å²) in [6, 6.07) is 11.3. The van der Waals surface area contributed by atoms with Crippen molar-refractivity contribution in [1.82, 2.24) is 10.2 Å². The minimum Gasteiger partial charge on any atom is -0.490 e. The zero-order chi connectivity index (χ0) is 21.0. The number of hydrogen-bond donors (Lipinski definition) is 1. The molecule has 1 fully saturated rings. The second kappa shape index (κ2) is 9.77. The Morgan fingerprint density at radius 3 is 2.66 bits per heavy atom. The Morgan fingerprint density at radius 1 is 1.24 bits per heavy atom. The van der Waals surface area contributed by atoms with E-state index in [1.54, 1.807) is 6.08 Å². The van der Waals surface area contributed by atoms with Gasteiger partial charge in [0, 0.05) is 17.1 Å². The molecule has 1 amide bonds. The number of nitrogens with one attached hydrogen (secondary N) is 1. The molecule has 0 unspecified atom stereocenters. The molecule has 0 saturated carbocycles. The number of likely N-dealkylation sites (N-methyl/N-ethyl adjacent to an activating group) is 1. The quantitative estimate of drug-likeness (QED) is 0.303. The number of rotatable bonds is 7. The Hall–Kier alpha value is -1.84. The van der Waals surface area contributed by atoms with Crippen LogP contribution in [0.4, 0.5) is 0 Å². The Labute approximate surface area is 194 Å². The fourth-order valence-corrected chi connectivity index (χ4v) is 4.16. The van der Waals surface area contributed by atoms with Gasteiger partial charge in [-0.25, -0.2) is 0 Å². The molecule has 0 bridgehead atoms. The van der Waals surface area contributed by atoms with Gasteiger partial charge in [0.05, 0.1) is 10.2 Å². The summed E-state index contributed by atoms with van der Waals surface area (Å²) >= 11 is 13.6. The van der Waals surface area contributed by atoms with Crippen molar-refractivity contribution in [2.24, 2.45) is 0 Å². The molecule has 0 aromatic heterocycles. The van der Waals surface area contributed by atoms with Gasteiger partial charge in [-0.05, 0) is 78.5 Å². The smallest absolute Gasteiger partial charge is 0.276 e. The average Bonchev–Trinajstić information content (AvgIpc) is 2.95. The summed E-state index contributed by atoms with van der Waals surface area (Å²) in [6.07, 6.45) is 1.77. The number of halogens is 2. The van der Waals surface area contributed by atoms with E-state index < -0.39 is 0 Å². The summed E-state index contributed by atoms with van der Waals surface area (Å²) in [5.41, 5.74) is 2.16. The number of amides is 1. The molecule has 1 saturated heterocycles. The van der Waals surface area contributed by atoms with E-state index in [0.29, 0.717) is 47.1 Å². The second-order valence-corrected chi connectivity index (χ2v) is 8.14. The van der Waals surface area contributed by atoms with Crippen molar-refractivity contribution in [2.75, 3.05) is 13.2 Å². The van der Waals surface area contributed by atoms with Crippen LogP contribution in [0.3, 0.4) is 0 Å². The van der Waals surface area contributed by atoms with E-state index in [1.165, 1.54) is 4.90 Å². The van der Waals surface area contributed by atoms with Gasteiger partial charge in [0.25, 0.3) is 5.91 Å². The van der Waals surface area contributed by atoms with Crippen molar-refractivity contribution in [3.8, 4) is 11.5 Å². The van der Waals surface area contributed by atoms with Gasteiger partial charge in [-0.3, -0.25) is 9.69 Å². The van der Waals surface area contributed by atoms with Crippen molar-refractivity contribution in [1.29, 1.82) is 0 Å². The maximum absolute atomic E-state index is 12.4. The van der Waals surface area contributed by atoms with E-state index in [-0.39, 0.29) is 5.91 Å². The summed E-state index contributed by atoms with van der Waals surface area (Å²) in [5, 5.41) is 4.05. The summed E-state index contributed by atoms with van der Waals surface area (Å²) in [6.45, 7) is 5.14. The number of carbonyl (C=O) groups is 1. The number of benzene rings is 2. The third-order valence-electron chi connectivity index (χ3n) is 4.25. The van der Waals surface area contributed by atoms with Crippen molar-refractivity contribution in [3.63, 3.8) is 0 Å². The average molecular weight is 543 g/mol. The maximum atomic E-state index is 12.4. The molecule has 0 radical (unpaired) electrons. The molecule has 1 N–H and O–H groups in total. The molecule has 2 aromatic rings. The SMILES string of the molecule is CCOc1cc(/C=C2\NC(=S)N(CC)C2=O)cc(I)c1OCc1ccccc1Cl. The lowest BCUT2D eigenvalue weighted by Crippen LogP contribution is -2.30. The van der Waals surface area contributed by atoms with Crippen molar-refractivity contribution < 1.29 is 14.3 Å². The van der Waals surface area contributed by atoms with Gasteiger partial charge in [-0.1, -0.05) is 29.8 Å². The Kier molecular flexibility index (Phi) is 7.37. The third-order valence-corrected chi connectivity index (χ3v) is 5.74. The lowest BCUT2D eigenvalue weighted by molar-refractivity contribution is -0.122. The monoisotopic (exact) mass is 542 g/mol. The minimum atomic E-state index is -0.135. The lowest BCUT2D eigenvalue weighted by atomic mass is 10.1. The van der Waals surface area contributed by atoms with E-state index in [4.69, 9.17) is 33.3 Å². The number of carbonyl (C=O) groups excluding carboxylic acids is 1. The number of hydrogen-bond acceptors (Lipinski definition) is 4. The van der Waals surface area contributed by atoms with E-state index in [2.05, 4.69) is 27.9 Å². The zero-order valence-corrected chi connectivity index (χ0v) is 19.7. The lowest BCUT2D eigenvalue weighted by Gasteiger charge is -2.15. The van der Waals surface area contributed by atoms with Crippen LogP contribution in [0.25, 0.3) is 6.08 Å². The molecule has 29 heavy (non-hydrogen) atoms. The van der Waals surface area contributed by atoms with Gasteiger partial charge < -0.3 is 14.8 Å². The first-order chi connectivity index (χ1) is 13.9. The van der Waals surface area contributed by atoms with Crippen LogP contribution in [0.15, 0.2) is 42.1 Å². The molecular formula is C21H20ClIN2O3S. The van der Waals surface area contributed by atoms with Crippen molar-refractivity contribution >= 4 is 63.5 Å². The van der Waals surface area contributed by atoms with Crippen LogP contribution < -0.4 is 14.8 Å². The minimum absolute atomic E-state index is 0.135. The van der Waals surface area contributed by atoms with E-state index in [9.17, 15) is 4.79 Å². The summed E-state index contributed by atoms with van der Waals surface area (Å²) < 4.78 is 12.7. The van der Waals surface area contributed by atoms with Gasteiger partial charge in [0.2, 0.25) is 0 Å². The summed E-state index contributed by atoms with van der Waals surface area (Å²) in [4.78, 5) is 14.0. The second-order valence-electron chi connectivity index (χ2n) is 6.18. The normalized spacial score (nSPS) is 15.0. The predicted molar refractivity (Wildman–Crippen MR) is 127 cm³/mol. The van der Waals surface area contributed by atoms with Gasteiger partial charge in [-0.2, -0.15) is 0 Å². The molecule has 1 aliphatic heterocycles. The van der Waals surface area contributed by atoms with Crippen molar-refractivity contribution in [2.45, 2.75) is 20.5 Å². The highest BCUT2D eigenvalue weighted by Crippen LogP contribution is 2.36. The Balaban J connectivity index is 1.89. The van der Waals surface area contributed by atoms with Gasteiger partial charge in [0.1, 0.15) is 12.3 Å². The number of nitrogens with zero attached hydrogens (tertiary/aromatic N) is 1. The van der Waals surface area contributed by atoms with Crippen LogP contribution in [0.5, 0.6) is 11.5 Å². The Morgan fingerprint density at radius 2 is 2.00 bits per heavy atom. The first-order valence-corrected chi connectivity index (χ1v) is 11.0. The van der Waals surface area contributed by atoms with Crippen LogP contribution >= 0.6 is 46.4 Å². The van der Waals surface area contributed by atoms with Gasteiger partial charge >= 0.3 is 0 Å². The van der Waals surface area contributed by atoms with Crippen LogP contribution in [0.1, 0.15) is 25.0 Å². The van der Waals surface area contributed by atoms with E-state index in [1.807, 2.05) is 50.2 Å². The van der Waals surface area contributed by atoms with Crippen LogP contribution in [-0.4, -0.2) is 29.1 Å². The van der Waals surface area contributed by atoms with Crippen molar-refractivity contribution in [3.05, 3.63) is 61.8 Å². The van der Waals surface area contributed by atoms with Crippen LogP contribution in [-0.2, 0) is 11.4 Å². The highest BCUT2D eigenvalue weighted by Gasteiger charge is 2.29. The molecule has 1 heterocycles. The first kappa shape index (κ1) is 21.9. The third kappa shape index (κ3) is 5.02. The largest absolute Gasteiger partial charge is 0.490 e. The molecular weight excluding hydrogens is 523 g/mol. The molecule has 8 heteroatoms. The zero-order valence-electron chi connectivity index (χ0n) is 16.0. The molecule has 1 aliphatic rings. The fraction of sp³-hybridized carbons (Fsp3) is 0.238. The molecule has 2 aromatic carbocycles. The Bertz CT molecular complexity index is 980. The number of ether oxygens (including phenoxy) is 2.